The molecule has 0 aromatic rings. The molecule has 1 atom stereocenters. The van der Waals surface area contributed by atoms with Gasteiger partial charge in [0.25, 0.3) is 5.79 Å². The first kappa shape index (κ1) is 17.6. The molecular weight excluding hydrogens is 257 g/mol. The van der Waals surface area contributed by atoms with Crippen molar-refractivity contribution in [1.82, 2.24) is 4.90 Å². The molecule has 0 aromatic carbocycles. The van der Waals surface area contributed by atoms with Gasteiger partial charge in [-0.1, -0.05) is 0 Å². The van der Waals surface area contributed by atoms with E-state index in [9.17, 15) is 14.0 Å². The Kier molecular flexibility index (Phi) is 6.21. The van der Waals surface area contributed by atoms with Gasteiger partial charge < -0.3 is 14.2 Å². The van der Waals surface area contributed by atoms with Crippen LogP contribution in [0.25, 0.3) is 0 Å². The zero-order valence-corrected chi connectivity index (χ0v) is 12.3. The van der Waals surface area contributed by atoms with Crippen LogP contribution in [0.2, 0.25) is 0 Å². The number of halogens is 1. The summed E-state index contributed by atoms with van der Waals surface area (Å²) in [4.78, 5) is 24.0. The van der Waals surface area contributed by atoms with Crippen molar-refractivity contribution in [2.45, 2.75) is 46.0 Å². The van der Waals surface area contributed by atoms with Crippen molar-refractivity contribution >= 4 is 12.1 Å². The molecule has 1 amide bonds. The van der Waals surface area contributed by atoms with Crippen LogP contribution in [0.4, 0.5) is 9.18 Å². The Balaban J connectivity index is 5.08. The largest absolute Gasteiger partial charge is 0.462 e. The van der Waals surface area contributed by atoms with Gasteiger partial charge in [0, 0.05) is 14.0 Å². The van der Waals surface area contributed by atoms with Crippen LogP contribution in [0.15, 0.2) is 0 Å². The van der Waals surface area contributed by atoms with Gasteiger partial charge in [-0.15, -0.1) is 0 Å². The molecule has 0 radical (unpaired) electrons. The highest BCUT2D eigenvalue weighted by atomic mass is 19.1. The first-order valence-corrected chi connectivity index (χ1v) is 5.92. The molecule has 0 saturated heterocycles. The molecule has 0 heterocycles. The summed E-state index contributed by atoms with van der Waals surface area (Å²) < 4.78 is 28.8. The summed E-state index contributed by atoms with van der Waals surface area (Å²) in [7, 11) is 1.28. The predicted molar refractivity (Wildman–Crippen MR) is 66.1 cm³/mol. The van der Waals surface area contributed by atoms with Gasteiger partial charge in [-0.25, -0.2) is 18.9 Å². The van der Waals surface area contributed by atoms with Crippen LogP contribution in [-0.4, -0.2) is 48.8 Å². The number of esters is 1. The van der Waals surface area contributed by atoms with E-state index < -0.39 is 30.2 Å². The summed E-state index contributed by atoms with van der Waals surface area (Å²) in [6, 6.07) is 0. The van der Waals surface area contributed by atoms with Crippen molar-refractivity contribution in [3.05, 3.63) is 0 Å². The second-order valence-electron chi connectivity index (χ2n) is 5.00. The number of alkyl halides is 1. The quantitative estimate of drug-likeness (QED) is 0.438. The van der Waals surface area contributed by atoms with Gasteiger partial charge in [-0.05, 0) is 27.7 Å². The molecule has 0 fully saturated rings. The lowest BCUT2D eigenvalue weighted by atomic mass is 10.2. The van der Waals surface area contributed by atoms with Gasteiger partial charge in [-0.3, -0.25) is 0 Å². The molecule has 0 aliphatic heterocycles. The molecule has 0 aromatic heterocycles. The van der Waals surface area contributed by atoms with E-state index >= 15 is 0 Å². The van der Waals surface area contributed by atoms with E-state index in [1.54, 1.807) is 27.7 Å². The number of ether oxygens (including phenoxy) is 3. The fraction of sp³-hybridized carbons (Fsp3) is 0.833. The van der Waals surface area contributed by atoms with Crippen molar-refractivity contribution in [3.63, 3.8) is 0 Å². The van der Waals surface area contributed by atoms with E-state index in [0.717, 1.165) is 6.92 Å². The molecule has 0 unspecified atom stereocenters. The Morgan fingerprint density at radius 2 is 1.74 bits per heavy atom. The third kappa shape index (κ3) is 5.42. The molecule has 6 nitrogen and oxygen atoms in total. The van der Waals surface area contributed by atoms with E-state index in [1.165, 1.54) is 7.11 Å². The number of hydrogen-bond acceptors (Lipinski definition) is 5. The Hall–Kier alpha value is -1.37. The molecule has 0 rings (SSSR count). The van der Waals surface area contributed by atoms with Crippen molar-refractivity contribution in [2.24, 2.45) is 0 Å². The maximum atomic E-state index is 14.4. The lowest BCUT2D eigenvalue weighted by Gasteiger charge is -2.33. The van der Waals surface area contributed by atoms with Crippen LogP contribution >= 0.6 is 0 Å². The second-order valence-corrected chi connectivity index (χ2v) is 5.00. The van der Waals surface area contributed by atoms with E-state index in [0.29, 0.717) is 4.90 Å². The van der Waals surface area contributed by atoms with Crippen molar-refractivity contribution in [1.29, 1.82) is 0 Å². The summed E-state index contributed by atoms with van der Waals surface area (Å²) in [5, 5.41) is 0. The maximum absolute atomic E-state index is 14.4. The average Bonchev–Trinajstić information content (AvgIpc) is 2.23. The van der Waals surface area contributed by atoms with Crippen molar-refractivity contribution in [2.75, 3.05) is 20.4 Å². The van der Waals surface area contributed by atoms with E-state index in [1.807, 2.05) is 0 Å². The zero-order chi connectivity index (χ0) is 15.3. The van der Waals surface area contributed by atoms with Gasteiger partial charge >= 0.3 is 12.1 Å². The molecule has 0 aliphatic carbocycles. The van der Waals surface area contributed by atoms with Crippen LogP contribution in [-0.2, 0) is 19.0 Å². The Morgan fingerprint density at radius 3 is 2.11 bits per heavy atom. The number of hydrogen-bond donors (Lipinski definition) is 0. The fourth-order valence-corrected chi connectivity index (χ4v) is 1.16. The monoisotopic (exact) mass is 279 g/mol. The minimum atomic E-state index is -2.66. The zero-order valence-electron chi connectivity index (χ0n) is 12.3. The number of carbonyl (C=O) groups is 2. The highest BCUT2D eigenvalue weighted by Crippen LogP contribution is 2.22. The SMILES string of the molecule is CCOC(=O)[C@@](C)(F)N(COC)C(=O)OC(C)(C)C. The third-order valence-electron chi connectivity index (χ3n) is 2.03. The number of amides is 1. The molecule has 7 heteroatoms. The molecule has 0 aliphatic rings. The number of carbonyl (C=O) groups excluding carboxylic acids is 2. The van der Waals surface area contributed by atoms with E-state index in [-0.39, 0.29) is 6.61 Å². The summed E-state index contributed by atoms with van der Waals surface area (Å²) in [5.41, 5.74) is -0.812. The molecule has 19 heavy (non-hydrogen) atoms. The van der Waals surface area contributed by atoms with E-state index in [2.05, 4.69) is 4.74 Å². The van der Waals surface area contributed by atoms with Gasteiger partial charge in [0.2, 0.25) is 0 Å². The lowest BCUT2D eigenvalue weighted by Crippen LogP contribution is -2.54. The lowest BCUT2D eigenvalue weighted by molar-refractivity contribution is -0.174. The Labute approximate surface area is 112 Å². The van der Waals surface area contributed by atoms with Gasteiger partial charge in [-0.2, -0.15) is 0 Å². The predicted octanol–water partition coefficient (Wildman–Crippen LogP) is 2.08. The molecule has 0 spiro atoms. The fourth-order valence-electron chi connectivity index (χ4n) is 1.16. The molecule has 0 saturated carbocycles. The first-order chi connectivity index (χ1) is 8.56. The summed E-state index contributed by atoms with van der Waals surface area (Å²) in [5.74, 6) is -3.83. The molecular formula is C12H22FNO5. The van der Waals surface area contributed by atoms with Crippen molar-refractivity contribution < 1.29 is 28.2 Å². The second kappa shape index (κ2) is 6.70. The van der Waals surface area contributed by atoms with Gasteiger partial charge in [0.15, 0.2) is 0 Å². The summed E-state index contributed by atoms with van der Waals surface area (Å²) in [6.07, 6.45) is -0.993. The Bertz CT molecular complexity index is 325. The number of methoxy groups -OCH3 is 1. The maximum Gasteiger partial charge on any atom is 0.415 e. The van der Waals surface area contributed by atoms with Crippen LogP contribution < -0.4 is 0 Å². The number of nitrogens with zero attached hydrogens (tertiary/aromatic N) is 1. The third-order valence-corrected chi connectivity index (χ3v) is 2.03. The highest BCUT2D eigenvalue weighted by Gasteiger charge is 2.46. The van der Waals surface area contributed by atoms with Gasteiger partial charge in [0.1, 0.15) is 12.3 Å². The van der Waals surface area contributed by atoms with Crippen LogP contribution in [0.5, 0.6) is 0 Å². The Morgan fingerprint density at radius 1 is 1.21 bits per heavy atom. The minimum Gasteiger partial charge on any atom is -0.462 e. The topological polar surface area (TPSA) is 65.1 Å². The standard InChI is InChI=1S/C12H22FNO5/c1-7-18-9(15)12(5,13)14(8-17-6)10(16)19-11(2,3)4/h7-8H2,1-6H3/t12-/m0/s1. The highest BCUT2D eigenvalue weighted by molar-refractivity contribution is 5.83. The minimum absolute atomic E-state index is 0.00742. The van der Waals surface area contributed by atoms with Crippen molar-refractivity contribution in [3.8, 4) is 0 Å². The van der Waals surface area contributed by atoms with Crippen LogP contribution in [0.1, 0.15) is 34.6 Å². The summed E-state index contributed by atoms with van der Waals surface area (Å²) in [6.45, 7) is 6.95. The first-order valence-electron chi connectivity index (χ1n) is 5.92. The van der Waals surface area contributed by atoms with Crippen LogP contribution in [0.3, 0.4) is 0 Å². The molecule has 112 valence electrons. The molecule has 0 N–H and O–H groups in total. The number of rotatable bonds is 5. The van der Waals surface area contributed by atoms with Gasteiger partial charge in [0.05, 0.1) is 6.61 Å². The van der Waals surface area contributed by atoms with Crippen LogP contribution in [0, 0.1) is 0 Å². The smallest absolute Gasteiger partial charge is 0.415 e. The summed E-state index contributed by atoms with van der Waals surface area (Å²) >= 11 is 0. The normalized spacial score (nSPS) is 14.5. The molecule has 0 bridgehead atoms. The average molecular weight is 279 g/mol. The van der Waals surface area contributed by atoms with E-state index in [4.69, 9.17) is 9.47 Å².